The average Bonchev–Trinajstić information content (AvgIpc) is 2.74. The van der Waals surface area contributed by atoms with Crippen LogP contribution in [0.3, 0.4) is 0 Å². The standard InChI is InChI=1S/C16H30ClFO5Si/c1-9-20-13(19)16(17,18)12(11-10-21-15(5,6)22-11)23-24(7,8)14(2,3)4/h11-12H,9-10H2,1-8H3/t11-,12?,16-/m1/s1. The molecule has 1 heterocycles. The summed E-state index contributed by atoms with van der Waals surface area (Å²) < 4.78 is 37.4. The lowest BCUT2D eigenvalue weighted by Crippen LogP contribution is -2.57. The average molecular weight is 385 g/mol. The first kappa shape index (κ1) is 21.8. The number of hydrogen-bond donors (Lipinski definition) is 0. The first-order valence-corrected chi connectivity index (χ1v) is 11.5. The maximum atomic E-state index is 15.2. The van der Waals surface area contributed by atoms with Gasteiger partial charge in [-0.15, -0.1) is 0 Å². The summed E-state index contributed by atoms with van der Waals surface area (Å²) in [6.45, 7) is 15.1. The molecule has 24 heavy (non-hydrogen) atoms. The van der Waals surface area contributed by atoms with Gasteiger partial charge in [-0.25, -0.2) is 9.18 Å². The van der Waals surface area contributed by atoms with E-state index in [1.54, 1.807) is 20.8 Å². The van der Waals surface area contributed by atoms with Gasteiger partial charge in [0.1, 0.15) is 12.2 Å². The highest BCUT2D eigenvalue weighted by atomic mass is 35.5. The number of hydrogen-bond acceptors (Lipinski definition) is 5. The van der Waals surface area contributed by atoms with Crippen LogP contribution in [0.15, 0.2) is 0 Å². The van der Waals surface area contributed by atoms with Gasteiger partial charge < -0.3 is 18.6 Å². The second-order valence-corrected chi connectivity index (χ2v) is 13.3. The minimum Gasteiger partial charge on any atom is -0.463 e. The molecule has 0 amide bonds. The first-order valence-electron chi connectivity index (χ1n) is 8.18. The number of carbonyl (C=O) groups excluding carboxylic acids is 1. The van der Waals surface area contributed by atoms with E-state index < -0.39 is 37.4 Å². The third-order valence-corrected chi connectivity index (χ3v) is 9.33. The number of esters is 1. The monoisotopic (exact) mass is 384 g/mol. The Morgan fingerprint density at radius 2 is 1.96 bits per heavy atom. The smallest absolute Gasteiger partial charge is 0.362 e. The van der Waals surface area contributed by atoms with Gasteiger partial charge in [0.25, 0.3) is 0 Å². The Morgan fingerprint density at radius 3 is 2.33 bits per heavy atom. The van der Waals surface area contributed by atoms with Gasteiger partial charge in [0, 0.05) is 0 Å². The van der Waals surface area contributed by atoms with Crippen LogP contribution in [-0.2, 0) is 23.4 Å². The zero-order chi connectivity index (χ0) is 19.0. The van der Waals surface area contributed by atoms with E-state index in [1.807, 2.05) is 33.9 Å². The molecule has 142 valence electrons. The van der Waals surface area contributed by atoms with Crippen molar-refractivity contribution >= 4 is 25.9 Å². The predicted molar refractivity (Wildman–Crippen MR) is 93.3 cm³/mol. The molecule has 0 aromatic carbocycles. The van der Waals surface area contributed by atoms with Gasteiger partial charge >= 0.3 is 11.1 Å². The molecule has 1 aliphatic heterocycles. The molecule has 5 nitrogen and oxygen atoms in total. The minimum absolute atomic E-state index is 0.0253. The van der Waals surface area contributed by atoms with Crippen LogP contribution >= 0.6 is 11.6 Å². The summed E-state index contributed by atoms with van der Waals surface area (Å²) in [5.41, 5.74) is 0. The van der Waals surface area contributed by atoms with E-state index in [-0.39, 0.29) is 18.3 Å². The van der Waals surface area contributed by atoms with Crippen molar-refractivity contribution < 1.29 is 27.8 Å². The lowest BCUT2D eigenvalue weighted by Gasteiger charge is -2.42. The molecule has 0 bridgehead atoms. The van der Waals surface area contributed by atoms with Gasteiger partial charge in [-0.05, 0) is 38.9 Å². The van der Waals surface area contributed by atoms with Crippen LogP contribution in [0.25, 0.3) is 0 Å². The van der Waals surface area contributed by atoms with E-state index in [4.69, 9.17) is 30.2 Å². The quantitative estimate of drug-likeness (QED) is 0.393. The van der Waals surface area contributed by atoms with Crippen LogP contribution in [-0.4, -0.2) is 50.6 Å². The highest BCUT2D eigenvalue weighted by Gasteiger charge is 2.57. The SMILES string of the molecule is CCOC(=O)[C@@](F)(Cl)C(O[Si](C)(C)C(C)(C)C)[C@H]1COC(C)(C)O1. The summed E-state index contributed by atoms with van der Waals surface area (Å²) in [5, 5.41) is -3.04. The van der Waals surface area contributed by atoms with Crippen LogP contribution in [0.4, 0.5) is 4.39 Å². The van der Waals surface area contributed by atoms with E-state index in [9.17, 15) is 4.79 Å². The Kier molecular flexibility index (Phi) is 6.54. The summed E-state index contributed by atoms with van der Waals surface area (Å²) >= 11 is 5.98. The number of halogens is 2. The second-order valence-electron chi connectivity index (χ2n) is 8.01. The van der Waals surface area contributed by atoms with Crippen molar-refractivity contribution in [2.75, 3.05) is 13.2 Å². The molecule has 0 aliphatic carbocycles. The molecule has 8 heteroatoms. The molecule has 1 fully saturated rings. The largest absolute Gasteiger partial charge is 0.463 e. The molecule has 0 radical (unpaired) electrons. The molecule has 0 spiro atoms. The van der Waals surface area contributed by atoms with Crippen molar-refractivity contribution in [2.24, 2.45) is 0 Å². The van der Waals surface area contributed by atoms with Crippen molar-refractivity contribution in [3.63, 3.8) is 0 Å². The number of ether oxygens (including phenoxy) is 3. The van der Waals surface area contributed by atoms with Crippen molar-refractivity contribution in [1.29, 1.82) is 0 Å². The third-order valence-electron chi connectivity index (χ3n) is 4.50. The molecular weight excluding hydrogens is 355 g/mol. The Morgan fingerprint density at radius 1 is 1.42 bits per heavy atom. The molecule has 1 unspecified atom stereocenters. The zero-order valence-electron chi connectivity index (χ0n) is 15.9. The van der Waals surface area contributed by atoms with E-state index in [2.05, 4.69) is 0 Å². The lowest BCUT2D eigenvalue weighted by atomic mass is 10.1. The number of alkyl halides is 2. The highest BCUT2D eigenvalue weighted by Crippen LogP contribution is 2.42. The Hall–Kier alpha value is -0.213. The molecule has 1 aliphatic rings. The van der Waals surface area contributed by atoms with Gasteiger partial charge in [-0.3, -0.25) is 0 Å². The number of carbonyl (C=O) groups is 1. The summed E-state index contributed by atoms with van der Waals surface area (Å²) in [6.07, 6.45) is -2.12. The number of rotatable bonds is 6. The van der Waals surface area contributed by atoms with Crippen LogP contribution in [0.2, 0.25) is 18.1 Å². The molecule has 0 saturated carbocycles. The molecule has 3 atom stereocenters. The van der Waals surface area contributed by atoms with Gasteiger partial charge in [-0.1, -0.05) is 32.4 Å². The van der Waals surface area contributed by atoms with Gasteiger partial charge in [0.2, 0.25) is 0 Å². The van der Waals surface area contributed by atoms with Crippen LogP contribution in [0, 0.1) is 0 Å². The van der Waals surface area contributed by atoms with E-state index in [1.165, 1.54) is 0 Å². The minimum atomic E-state index is -2.85. The first-order chi connectivity index (χ1) is 10.6. The fourth-order valence-corrected chi connectivity index (χ4v) is 3.70. The molecule has 1 saturated heterocycles. The highest BCUT2D eigenvalue weighted by molar-refractivity contribution is 6.74. The Labute approximate surface area is 150 Å². The van der Waals surface area contributed by atoms with Gasteiger partial charge in [-0.2, -0.15) is 0 Å². The maximum absolute atomic E-state index is 15.2. The maximum Gasteiger partial charge on any atom is 0.362 e. The Balaban J connectivity index is 3.15. The van der Waals surface area contributed by atoms with E-state index >= 15 is 4.39 Å². The molecule has 1 rings (SSSR count). The second kappa shape index (κ2) is 7.19. The van der Waals surface area contributed by atoms with Gasteiger partial charge in [0.05, 0.1) is 13.2 Å². The van der Waals surface area contributed by atoms with Crippen LogP contribution < -0.4 is 0 Å². The zero-order valence-corrected chi connectivity index (χ0v) is 17.6. The summed E-state index contributed by atoms with van der Waals surface area (Å²) in [7, 11) is -2.43. The fourth-order valence-electron chi connectivity index (χ4n) is 2.09. The normalized spacial score (nSPS) is 25.2. The molecular formula is C16H30ClFO5Si. The van der Waals surface area contributed by atoms with Crippen molar-refractivity contribution in [1.82, 2.24) is 0 Å². The Bertz CT molecular complexity index is 462. The summed E-state index contributed by atoms with van der Waals surface area (Å²) in [6, 6.07) is 0. The van der Waals surface area contributed by atoms with Gasteiger partial charge in [0.15, 0.2) is 14.1 Å². The van der Waals surface area contributed by atoms with E-state index in [0.29, 0.717) is 0 Å². The molecule has 0 aromatic rings. The van der Waals surface area contributed by atoms with Crippen molar-refractivity contribution in [3.8, 4) is 0 Å². The fraction of sp³-hybridized carbons (Fsp3) is 0.938. The summed E-state index contributed by atoms with van der Waals surface area (Å²) in [5.74, 6) is -2.05. The topological polar surface area (TPSA) is 54.0 Å². The summed E-state index contributed by atoms with van der Waals surface area (Å²) in [4.78, 5) is 12.1. The predicted octanol–water partition coefficient (Wildman–Crippen LogP) is 4.00. The molecule has 0 aromatic heterocycles. The molecule has 0 N–H and O–H groups in total. The van der Waals surface area contributed by atoms with E-state index in [0.717, 1.165) is 0 Å². The van der Waals surface area contributed by atoms with Crippen LogP contribution in [0.5, 0.6) is 0 Å². The van der Waals surface area contributed by atoms with Crippen molar-refractivity contribution in [3.05, 3.63) is 0 Å². The van der Waals surface area contributed by atoms with Crippen molar-refractivity contribution in [2.45, 2.75) is 82.8 Å². The third kappa shape index (κ3) is 4.91. The lowest BCUT2D eigenvalue weighted by molar-refractivity contribution is -0.173. The van der Waals surface area contributed by atoms with Crippen LogP contribution in [0.1, 0.15) is 41.5 Å².